The lowest BCUT2D eigenvalue weighted by molar-refractivity contribution is -0.116. The van der Waals surface area contributed by atoms with Crippen LogP contribution >= 0.6 is 0 Å². The number of nitrogens with zero attached hydrogens (tertiary/aromatic N) is 1. The Kier molecular flexibility index (Phi) is 4.43. The maximum absolute atomic E-state index is 13.3. The van der Waals surface area contributed by atoms with Crippen LogP contribution in [0.25, 0.3) is 10.9 Å². The van der Waals surface area contributed by atoms with E-state index in [4.69, 9.17) is 0 Å². The number of hydrogen-bond donors (Lipinski definition) is 1. The monoisotopic (exact) mass is 338 g/mol. The van der Waals surface area contributed by atoms with E-state index in [1.54, 1.807) is 28.8 Å². The van der Waals surface area contributed by atoms with Gasteiger partial charge in [-0.2, -0.15) is 0 Å². The van der Waals surface area contributed by atoms with Crippen LogP contribution in [-0.4, -0.2) is 16.3 Å². The average Bonchev–Trinajstić information content (AvgIpc) is 2.58. The number of ketones is 1. The number of pyridine rings is 1. The molecular formula is C19H15FN2O3. The molecule has 3 aromatic rings. The van der Waals surface area contributed by atoms with Crippen LogP contribution < -0.4 is 10.7 Å². The van der Waals surface area contributed by atoms with Crippen LogP contribution in [0.1, 0.15) is 17.3 Å². The molecule has 0 saturated carbocycles. The van der Waals surface area contributed by atoms with Gasteiger partial charge in [0.2, 0.25) is 5.91 Å². The third-order valence-corrected chi connectivity index (χ3v) is 3.81. The van der Waals surface area contributed by atoms with Gasteiger partial charge in [0.15, 0.2) is 11.2 Å². The number of fused-ring (bicyclic) bond motifs is 1. The standard InChI is InChI=1S/C19H15FN2O3/c1-12(23)13-3-2-4-15(9-13)21-19(25)11-22-8-7-18(24)16-10-14(20)5-6-17(16)22/h2-10H,11H2,1H3,(H,21,25). The fourth-order valence-corrected chi connectivity index (χ4v) is 2.59. The number of amides is 1. The summed E-state index contributed by atoms with van der Waals surface area (Å²) >= 11 is 0. The van der Waals surface area contributed by atoms with Crippen molar-refractivity contribution in [2.75, 3.05) is 5.32 Å². The van der Waals surface area contributed by atoms with Crippen molar-refractivity contribution in [2.24, 2.45) is 0 Å². The number of hydrogen-bond acceptors (Lipinski definition) is 3. The number of carbonyl (C=O) groups excluding carboxylic acids is 2. The van der Waals surface area contributed by atoms with Crippen molar-refractivity contribution in [1.82, 2.24) is 4.57 Å². The maximum Gasteiger partial charge on any atom is 0.244 e. The van der Waals surface area contributed by atoms with Gasteiger partial charge in [-0.15, -0.1) is 0 Å². The predicted molar refractivity (Wildman–Crippen MR) is 93.2 cm³/mol. The van der Waals surface area contributed by atoms with Crippen molar-refractivity contribution in [3.63, 3.8) is 0 Å². The Balaban J connectivity index is 1.85. The Morgan fingerprint density at radius 2 is 1.92 bits per heavy atom. The molecular weight excluding hydrogens is 323 g/mol. The number of halogens is 1. The molecule has 0 aliphatic rings. The number of anilines is 1. The molecule has 2 aromatic carbocycles. The molecule has 0 unspecified atom stereocenters. The van der Waals surface area contributed by atoms with Crippen molar-refractivity contribution in [1.29, 1.82) is 0 Å². The summed E-state index contributed by atoms with van der Waals surface area (Å²) in [5.74, 6) is -0.924. The highest BCUT2D eigenvalue weighted by Crippen LogP contribution is 2.14. The highest BCUT2D eigenvalue weighted by molar-refractivity contribution is 5.97. The van der Waals surface area contributed by atoms with E-state index in [-0.39, 0.29) is 29.1 Å². The Morgan fingerprint density at radius 3 is 2.68 bits per heavy atom. The molecule has 1 heterocycles. The van der Waals surface area contributed by atoms with Crippen molar-refractivity contribution in [3.05, 3.63) is 76.3 Å². The predicted octanol–water partition coefficient (Wildman–Crippen LogP) is 2.98. The minimum atomic E-state index is -0.507. The van der Waals surface area contributed by atoms with Gasteiger partial charge in [-0.25, -0.2) is 4.39 Å². The summed E-state index contributed by atoms with van der Waals surface area (Å²) in [4.78, 5) is 35.5. The topological polar surface area (TPSA) is 68.2 Å². The summed E-state index contributed by atoms with van der Waals surface area (Å²) < 4.78 is 14.9. The van der Waals surface area contributed by atoms with Gasteiger partial charge < -0.3 is 9.88 Å². The Morgan fingerprint density at radius 1 is 1.12 bits per heavy atom. The smallest absolute Gasteiger partial charge is 0.244 e. The lowest BCUT2D eigenvalue weighted by Crippen LogP contribution is -2.20. The lowest BCUT2D eigenvalue weighted by Gasteiger charge is -2.11. The van der Waals surface area contributed by atoms with Crippen molar-refractivity contribution < 1.29 is 14.0 Å². The molecule has 126 valence electrons. The molecule has 1 amide bonds. The van der Waals surface area contributed by atoms with Crippen LogP contribution in [0.2, 0.25) is 0 Å². The van der Waals surface area contributed by atoms with Crippen LogP contribution in [0, 0.1) is 5.82 Å². The molecule has 5 nitrogen and oxygen atoms in total. The molecule has 0 aliphatic carbocycles. The minimum Gasteiger partial charge on any atom is -0.338 e. The normalized spacial score (nSPS) is 10.6. The van der Waals surface area contributed by atoms with Gasteiger partial charge >= 0.3 is 0 Å². The fourth-order valence-electron chi connectivity index (χ4n) is 2.59. The van der Waals surface area contributed by atoms with Crippen LogP contribution in [0.4, 0.5) is 10.1 Å². The summed E-state index contributed by atoms with van der Waals surface area (Å²) in [7, 11) is 0. The molecule has 1 N–H and O–H groups in total. The van der Waals surface area contributed by atoms with Gasteiger partial charge in [0, 0.05) is 28.9 Å². The Labute approximate surface area is 142 Å². The molecule has 0 radical (unpaired) electrons. The van der Waals surface area contributed by atoms with Crippen LogP contribution in [-0.2, 0) is 11.3 Å². The summed E-state index contributed by atoms with van der Waals surface area (Å²) in [6.45, 7) is 1.40. The van der Waals surface area contributed by atoms with Gasteiger partial charge in [0.1, 0.15) is 12.4 Å². The average molecular weight is 338 g/mol. The van der Waals surface area contributed by atoms with Crippen LogP contribution in [0.15, 0.2) is 59.5 Å². The van der Waals surface area contributed by atoms with E-state index in [0.29, 0.717) is 16.8 Å². The van der Waals surface area contributed by atoms with E-state index in [1.807, 2.05) is 0 Å². The number of rotatable bonds is 4. The molecule has 0 aliphatic heterocycles. The zero-order valence-electron chi connectivity index (χ0n) is 13.5. The molecule has 25 heavy (non-hydrogen) atoms. The third-order valence-electron chi connectivity index (χ3n) is 3.81. The minimum absolute atomic E-state index is 0.0489. The molecule has 0 spiro atoms. The largest absolute Gasteiger partial charge is 0.338 e. The molecule has 0 bridgehead atoms. The number of benzene rings is 2. The van der Waals surface area contributed by atoms with Crippen LogP contribution in [0.5, 0.6) is 0 Å². The Bertz CT molecular complexity index is 1040. The summed E-state index contributed by atoms with van der Waals surface area (Å²) in [6, 6.07) is 11.8. The zero-order chi connectivity index (χ0) is 18.0. The molecule has 3 rings (SSSR count). The summed E-state index contributed by atoms with van der Waals surface area (Å²) in [5.41, 5.74) is 1.18. The lowest BCUT2D eigenvalue weighted by atomic mass is 10.1. The van der Waals surface area contributed by atoms with E-state index >= 15 is 0 Å². The quantitative estimate of drug-likeness (QED) is 0.744. The van der Waals surface area contributed by atoms with Crippen molar-refractivity contribution in [3.8, 4) is 0 Å². The molecule has 0 saturated heterocycles. The first-order chi connectivity index (χ1) is 11.9. The first kappa shape index (κ1) is 16.6. The van der Waals surface area contributed by atoms with Gasteiger partial charge in [0.05, 0.1) is 5.52 Å². The zero-order valence-corrected chi connectivity index (χ0v) is 13.5. The maximum atomic E-state index is 13.3. The molecule has 1 aromatic heterocycles. The summed E-state index contributed by atoms with van der Waals surface area (Å²) in [5, 5.41) is 2.93. The second-order valence-electron chi connectivity index (χ2n) is 5.65. The van der Waals surface area contributed by atoms with Gasteiger partial charge in [-0.1, -0.05) is 12.1 Å². The van der Waals surface area contributed by atoms with E-state index in [1.165, 1.54) is 31.3 Å². The second-order valence-corrected chi connectivity index (χ2v) is 5.65. The third kappa shape index (κ3) is 3.63. The molecule has 0 atom stereocenters. The van der Waals surface area contributed by atoms with Crippen molar-refractivity contribution >= 4 is 28.3 Å². The first-order valence-electron chi connectivity index (χ1n) is 7.63. The van der Waals surface area contributed by atoms with Crippen LogP contribution in [0.3, 0.4) is 0 Å². The SMILES string of the molecule is CC(=O)c1cccc(NC(=O)Cn2ccc(=O)c3cc(F)ccc32)c1. The van der Waals surface area contributed by atoms with Gasteiger partial charge in [-0.3, -0.25) is 14.4 Å². The fraction of sp³-hybridized carbons (Fsp3) is 0.105. The van der Waals surface area contributed by atoms with E-state index in [9.17, 15) is 18.8 Å². The molecule has 0 fully saturated rings. The second kappa shape index (κ2) is 6.68. The first-order valence-corrected chi connectivity index (χ1v) is 7.63. The number of nitrogens with one attached hydrogen (secondary N) is 1. The highest BCUT2D eigenvalue weighted by atomic mass is 19.1. The van der Waals surface area contributed by atoms with E-state index in [0.717, 1.165) is 6.07 Å². The van der Waals surface area contributed by atoms with Gasteiger partial charge in [-0.05, 0) is 37.3 Å². The highest BCUT2D eigenvalue weighted by Gasteiger charge is 2.09. The number of Topliss-reactive ketones (excluding diaryl/α,β-unsaturated/α-hetero) is 1. The Hall–Kier alpha value is -3.28. The summed E-state index contributed by atoms with van der Waals surface area (Å²) in [6.07, 6.45) is 1.49. The molecule has 6 heteroatoms. The number of aromatic nitrogens is 1. The van der Waals surface area contributed by atoms with Crippen molar-refractivity contribution in [2.45, 2.75) is 13.5 Å². The van der Waals surface area contributed by atoms with Gasteiger partial charge in [0.25, 0.3) is 0 Å². The number of carbonyl (C=O) groups is 2. The van der Waals surface area contributed by atoms with E-state index < -0.39 is 5.82 Å². The van der Waals surface area contributed by atoms with E-state index in [2.05, 4.69) is 5.32 Å².